The minimum atomic E-state index is -3.03. The smallest absolute Gasteiger partial charge is 0.306 e. The molecule has 1 saturated carbocycles. The molecule has 1 spiro atoms. The zero-order valence-electron chi connectivity index (χ0n) is 12.3. The van der Waals surface area contributed by atoms with Gasteiger partial charge in [0.1, 0.15) is 0 Å². The van der Waals surface area contributed by atoms with Crippen LogP contribution in [0.25, 0.3) is 0 Å². The third-order valence-corrected chi connectivity index (χ3v) is 7.32. The molecule has 0 amide bonds. The summed E-state index contributed by atoms with van der Waals surface area (Å²) in [6.07, 6.45) is 7.50. The van der Waals surface area contributed by atoms with Crippen LogP contribution in [0.2, 0.25) is 0 Å². The lowest BCUT2D eigenvalue weighted by Crippen LogP contribution is -2.31. The highest BCUT2D eigenvalue weighted by Gasteiger charge is 2.45. The second kappa shape index (κ2) is 5.54. The molecule has 6 heteroatoms. The fraction of sp³-hybridized carbons (Fsp3) is 0.933. The van der Waals surface area contributed by atoms with Gasteiger partial charge in [-0.2, -0.15) is 0 Å². The van der Waals surface area contributed by atoms with Crippen molar-refractivity contribution >= 4 is 15.8 Å². The first kappa shape index (κ1) is 15.3. The molecule has 3 aliphatic rings. The fourth-order valence-electron chi connectivity index (χ4n) is 4.37. The SMILES string of the molecule is O=C(O)C(CC1CCC2(CCCC2)O1)C1CCS(=O)(=O)C1. The molecule has 0 radical (unpaired) electrons. The predicted octanol–water partition coefficient (Wildman–Crippen LogP) is 2.00. The average molecular weight is 316 g/mol. The number of rotatable bonds is 4. The molecule has 3 unspecified atom stereocenters. The Labute approximate surface area is 126 Å². The molecule has 3 fully saturated rings. The van der Waals surface area contributed by atoms with E-state index in [1.807, 2.05) is 0 Å². The fourth-order valence-corrected chi connectivity index (χ4v) is 6.25. The number of ether oxygens (including phenoxy) is 1. The number of carboxylic acid groups (broad SMARTS) is 1. The van der Waals surface area contributed by atoms with E-state index in [2.05, 4.69) is 0 Å². The molecule has 0 aromatic heterocycles. The number of sulfone groups is 1. The Balaban J connectivity index is 1.63. The first-order valence-electron chi connectivity index (χ1n) is 8.00. The summed E-state index contributed by atoms with van der Waals surface area (Å²) in [5, 5.41) is 9.47. The lowest BCUT2D eigenvalue weighted by Gasteiger charge is -2.26. The van der Waals surface area contributed by atoms with Crippen LogP contribution < -0.4 is 0 Å². The third-order valence-electron chi connectivity index (χ3n) is 5.52. The van der Waals surface area contributed by atoms with Gasteiger partial charge in [0, 0.05) is 0 Å². The largest absolute Gasteiger partial charge is 0.481 e. The lowest BCUT2D eigenvalue weighted by atomic mass is 9.86. The van der Waals surface area contributed by atoms with Crippen molar-refractivity contribution in [2.45, 2.75) is 63.1 Å². The maximum atomic E-state index is 11.6. The van der Waals surface area contributed by atoms with Crippen molar-refractivity contribution in [3.8, 4) is 0 Å². The summed E-state index contributed by atoms with van der Waals surface area (Å²) in [7, 11) is -3.03. The molecule has 2 aliphatic heterocycles. The Morgan fingerprint density at radius 1 is 1.24 bits per heavy atom. The lowest BCUT2D eigenvalue weighted by molar-refractivity contribution is -0.145. The van der Waals surface area contributed by atoms with E-state index in [-0.39, 0.29) is 29.1 Å². The van der Waals surface area contributed by atoms with Gasteiger partial charge < -0.3 is 9.84 Å². The highest BCUT2D eigenvalue weighted by molar-refractivity contribution is 7.91. The van der Waals surface area contributed by atoms with Gasteiger partial charge in [0.2, 0.25) is 0 Å². The monoisotopic (exact) mass is 316 g/mol. The summed E-state index contributed by atoms with van der Waals surface area (Å²) < 4.78 is 29.4. The van der Waals surface area contributed by atoms with Gasteiger partial charge in [0.15, 0.2) is 9.84 Å². The average Bonchev–Trinajstić information content (AvgIpc) is 3.09. The molecule has 21 heavy (non-hydrogen) atoms. The van der Waals surface area contributed by atoms with Crippen LogP contribution in [0.4, 0.5) is 0 Å². The standard InChI is InChI=1S/C15H24O5S/c16-14(17)13(11-4-8-21(18,19)10-11)9-12-3-7-15(20-12)5-1-2-6-15/h11-13H,1-10H2,(H,16,17). The number of carboxylic acids is 1. The Bertz CT molecular complexity index is 506. The van der Waals surface area contributed by atoms with Gasteiger partial charge in [-0.25, -0.2) is 8.42 Å². The molecule has 0 bridgehead atoms. The summed E-state index contributed by atoms with van der Waals surface area (Å²) >= 11 is 0. The quantitative estimate of drug-likeness (QED) is 0.858. The molecule has 3 atom stereocenters. The summed E-state index contributed by atoms with van der Waals surface area (Å²) in [5.41, 5.74) is 0.00940. The van der Waals surface area contributed by atoms with Crippen molar-refractivity contribution in [3.63, 3.8) is 0 Å². The molecule has 3 rings (SSSR count). The van der Waals surface area contributed by atoms with Gasteiger partial charge in [-0.05, 0) is 44.4 Å². The van der Waals surface area contributed by atoms with Crippen molar-refractivity contribution < 1.29 is 23.1 Å². The molecule has 1 aliphatic carbocycles. The van der Waals surface area contributed by atoms with E-state index in [0.29, 0.717) is 12.8 Å². The molecule has 2 heterocycles. The van der Waals surface area contributed by atoms with E-state index >= 15 is 0 Å². The molecule has 2 saturated heterocycles. The first-order chi connectivity index (χ1) is 9.89. The van der Waals surface area contributed by atoms with Gasteiger partial charge in [-0.3, -0.25) is 4.79 Å². The molecule has 0 aromatic rings. The van der Waals surface area contributed by atoms with Gasteiger partial charge >= 0.3 is 5.97 Å². The zero-order valence-corrected chi connectivity index (χ0v) is 13.1. The Morgan fingerprint density at radius 2 is 1.95 bits per heavy atom. The van der Waals surface area contributed by atoms with Crippen LogP contribution in [0.3, 0.4) is 0 Å². The van der Waals surface area contributed by atoms with Crippen LogP contribution in [0.15, 0.2) is 0 Å². The van der Waals surface area contributed by atoms with Gasteiger partial charge in [-0.15, -0.1) is 0 Å². The first-order valence-corrected chi connectivity index (χ1v) is 9.82. The van der Waals surface area contributed by atoms with E-state index in [0.717, 1.165) is 25.7 Å². The molecule has 1 N–H and O–H groups in total. The highest BCUT2D eigenvalue weighted by Crippen LogP contribution is 2.45. The molecule has 5 nitrogen and oxygen atoms in total. The molecule has 120 valence electrons. The van der Waals surface area contributed by atoms with E-state index in [4.69, 9.17) is 4.74 Å². The van der Waals surface area contributed by atoms with E-state index < -0.39 is 21.7 Å². The van der Waals surface area contributed by atoms with Crippen LogP contribution in [0.5, 0.6) is 0 Å². The molecular formula is C15H24O5S. The van der Waals surface area contributed by atoms with E-state index in [1.165, 1.54) is 12.8 Å². The molecule has 0 aromatic carbocycles. The van der Waals surface area contributed by atoms with Crippen LogP contribution in [0, 0.1) is 11.8 Å². The second-order valence-electron chi connectivity index (χ2n) is 7.01. The topological polar surface area (TPSA) is 80.7 Å². The maximum absolute atomic E-state index is 11.6. The Morgan fingerprint density at radius 3 is 2.52 bits per heavy atom. The number of hydrogen-bond acceptors (Lipinski definition) is 4. The van der Waals surface area contributed by atoms with Gasteiger partial charge in [0.25, 0.3) is 0 Å². The number of hydrogen-bond donors (Lipinski definition) is 1. The summed E-state index contributed by atoms with van der Waals surface area (Å²) in [6.45, 7) is 0. The van der Waals surface area contributed by atoms with E-state index in [1.54, 1.807) is 0 Å². The summed E-state index contributed by atoms with van der Waals surface area (Å²) in [6, 6.07) is 0. The maximum Gasteiger partial charge on any atom is 0.306 e. The Hall–Kier alpha value is -0.620. The second-order valence-corrected chi connectivity index (χ2v) is 9.24. The molecular weight excluding hydrogens is 292 g/mol. The van der Waals surface area contributed by atoms with Crippen LogP contribution in [-0.4, -0.2) is 42.7 Å². The van der Waals surface area contributed by atoms with Gasteiger partial charge in [0.05, 0.1) is 29.1 Å². The summed E-state index contributed by atoms with van der Waals surface area (Å²) in [4.78, 5) is 11.5. The number of aliphatic carboxylic acids is 1. The normalized spacial score (nSPS) is 35.2. The highest BCUT2D eigenvalue weighted by atomic mass is 32.2. The minimum absolute atomic E-state index is 0.00694. The third kappa shape index (κ3) is 3.26. The van der Waals surface area contributed by atoms with Crippen molar-refractivity contribution in [2.75, 3.05) is 11.5 Å². The van der Waals surface area contributed by atoms with Crippen molar-refractivity contribution in [1.29, 1.82) is 0 Å². The van der Waals surface area contributed by atoms with Crippen LogP contribution >= 0.6 is 0 Å². The van der Waals surface area contributed by atoms with Crippen molar-refractivity contribution in [2.24, 2.45) is 11.8 Å². The van der Waals surface area contributed by atoms with Crippen molar-refractivity contribution in [3.05, 3.63) is 0 Å². The number of carbonyl (C=O) groups is 1. The van der Waals surface area contributed by atoms with Crippen molar-refractivity contribution in [1.82, 2.24) is 0 Å². The van der Waals surface area contributed by atoms with E-state index in [9.17, 15) is 18.3 Å². The zero-order chi connectivity index (χ0) is 15.1. The predicted molar refractivity (Wildman–Crippen MR) is 77.8 cm³/mol. The minimum Gasteiger partial charge on any atom is -0.481 e. The Kier molecular flexibility index (Phi) is 4.03. The van der Waals surface area contributed by atoms with Gasteiger partial charge in [-0.1, -0.05) is 12.8 Å². The van der Waals surface area contributed by atoms with Crippen LogP contribution in [0.1, 0.15) is 51.4 Å². The summed E-state index contributed by atoms with van der Waals surface area (Å²) in [5.74, 6) is -1.52. The van der Waals surface area contributed by atoms with Crippen LogP contribution in [-0.2, 0) is 19.4 Å².